The van der Waals surface area contributed by atoms with Crippen molar-refractivity contribution in [1.82, 2.24) is 4.90 Å². The van der Waals surface area contributed by atoms with E-state index in [-0.39, 0.29) is 24.4 Å². The number of nitrogens with zero attached hydrogens (tertiary/aromatic N) is 1. The van der Waals surface area contributed by atoms with Crippen molar-refractivity contribution in [3.63, 3.8) is 0 Å². The Kier molecular flexibility index (Phi) is 4.60. The number of halogens is 1. The van der Waals surface area contributed by atoms with Crippen LogP contribution in [-0.2, 0) is 16.0 Å². The second-order valence-corrected chi connectivity index (χ2v) is 5.90. The largest absolute Gasteiger partial charge is 0.447 e. The highest BCUT2D eigenvalue weighted by atomic mass is 19.1. The summed E-state index contributed by atoms with van der Waals surface area (Å²) in [4.78, 5) is 26.0. The molecular weight excluding hydrogens is 309 g/mol. The van der Waals surface area contributed by atoms with Crippen molar-refractivity contribution in [3.05, 3.63) is 71.5 Å². The molecule has 1 saturated heterocycles. The van der Waals surface area contributed by atoms with Crippen molar-refractivity contribution in [2.75, 3.05) is 6.61 Å². The highest BCUT2D eigenvalue weighted by Gasteiger charge is 2.39. The van der Waals surface area contributed by atoms with Crippen LogP contribution in [0.3, 0.4) is 0 Å². The smallest absolute Gasteiger partial charge is 0.417 e. The zero-order valence-corrected chi connectivity index (χ0v) is 13.3. The Balaban J connectivity index is 1.78. The predicted octanol–water partition coefficient (Wildman–Crippen LogP) is 3.52. The van der Waals surface area contributed by atoms with Crippen molar-refractivity contribution in [2.45, 2.75) is 25.3 Å². The van der Waals surface area contributed by atoms with Crippen molar-refractivity contribution in [1.29, 1.82) is 0 Å². The number of ether oxygens (including phenoxy) is 1. The van der Waals surface area contributed by atoms with E-state index in [2.05, 4.69) is 0 Å². The van der Waals surface area contributed by atoms with Gasteiger partial charge in [-0.3, -0.25) is 4.79 Å². The van der Waals surface area contributed by atoms with Gasteiger partial charge in [0.05, 0.1) is 12.0 Å². The molecule has 0 spiro atoms. The van der Waals surface area contributed by atoms with Gasteiger partial charge in [-0.05, 0) is 36.6 Å². The van der Waals surface area contributed by atoms with Gasteiger partial charge in [0, 0.05) is 0 Å². The maximum atomic E-state index is 13.0. The molecule has 1 fully saturated rings. The monoisotopic (exact) mass is 327 g/mol. The number of amides is 2. The number of benzene rings is 2. The molecule has 0 N–H and O–H groups in total. The zero-order valence-electron chi connectivity index (χ0n) is 13.3. The van der Waals surface area contributed by atoms with Gasteiger partial charge in [-0.2, -0.15) is 0 Å². The molecule has 3 rings (SSSR count). The minimum absolute atomic E-state index is 0.190. The lowest BCUT2D eigenvalue weighted by molar-refractivity contribution is -0.130. The molecule has 1 heterocycles. The van der Waals surface area contributed by atoms with Crippen LogP contribution in [0.2, 0.25) is 0 Å². The average molecular weight is 327 g/mol. The summed E-state index contributed by atoms with van der Waals surface area (Å²) in [5, 5.41) is 0. The number of hydrogen-bond donors (Lipinski definition) is 0. The fourth-order valence-corrected chi connectivity index (χ4v) is 2.87. The quantitative estimate of drug-likeness (QED) is 0.863. The van der Waals surface area contributed by atoms with Gasteiger partial charge in [0.25, 0.3) is 0 Å². The second-order valence-electron chi connectivity index (χ2n) is 5.90. The van der Waals surface area contributed by atoms with Crippen molar-refractivity contribution < 1.29 is 18.7 Å². The van der Waals surface area contributed by atoms with Gasteiger partial charge < -0.3 is 4.74 Å². The van der Waals surface area contributed by atoms with Crippen molar-refractivity contribution in [3.8, 4) is 0 Å². The van der Waals surface area contributed by atoms with Gasteiger partial charge in [-0.15, -0.1) is 0 Å². The molecule has 0 aromatic heterocycles. The third-order valence-corrected chi connectivity index (χ3v) is 4.25. The van der Waals surface area contributed by atoms with Crippen LogP contribution >= 0.6 is 0 Å². The molecule has 2 atom stereocenters. The van der Waals surface area contributed by atoms with Crippen LogP contribution < -0.4 is 0 Å². The number of carbonyl (C=O) groups excluding carboxylic acids is 2. The Labute approximate surface area is 139 Å². The Hall–Kier alpha value is -2.69. The summed E-state index contributed by atoms with van der Waals surface area (Å²) in [6, 6.07) is 15.1. The van der Waals surface area contributed by atoms with Crippen LogP contribution in [0.25, 0.3) is 0 Å². The van der Waals surface area contributed by atoms with Crippen LogP contribution in [-0.4, -0.2) is 29.5 Å². The standard InChI is InChI=1S/C19H18FNO3/c1-13(15-7-9-16(20)10-8-15)18(22)21-17(12-24-19(21)23)11-14-5-3-2-4-6-14/h2-10,13,17H,11-12H2,1H3/t13?,17-/m0/s1. The minimum Gasteiger partial charge on any atom is -0.447 e. The lowest BCUT2D eigenvalue weighted by Gasteiger charge is -2.23. The first-order chi connectivity index (χ1) is 11.6. The highest BCUT2D eigenvalue weighted by Crippen LogP contribution is 2.24. The molecule has 1 aliphatic rings. The molecule has 0 bridgehead atoms. The molecule has 2 aromatic rings. The van der Waals surface area contributed by atoms with Gasteiger partial charge in [0.1, 0.15) is 12.4 Å². The van der Waals surface area contributed by atoms with Gasteiger partial charge in [-0.1, -0.05) is 42.5 Å². The molecule has 0 saturated carbocycles. The molecule has 4 nitrogen and oxygen atoms in total. The third-order valence-electron chi connectivity index (χ3n) is 4.25. The molecule has 0 aliphatic carbocycles. The lowest BCUT2D eigenvalue weighted by atomic mass is 9.98. The Morgan fingerprint density at radius 2 is 1.88 bits per heavy atom. The summed E-state index contributed by atoms with van der Waals surface area (Å²) >= 11 is 0. The van der Waals surface area contributed by atoms with Crippen molar-refractivity contribution >= 4 is 12.0 Å². The van der Waals surface area contributed by atoms with Crippen LogP contribution in [0, 0.1) is 5.82 Å². The Bertz CT molecular complexity index is 730. The van der Waals surface area contributed by atoms with E-state index in [1.807, 2.05) is 30.3 Å². The normalized spacial score (nSPS) is 18.3. The SMILES string of the molecule is CC(C(=O)N1C(=O)OC[C@@H]1Cc1ccccc1)c1ccc(F)cc1. The van der Waals surface area contributed by atoms with Gasteiger partial charge >= 0.3 is 6.09 Å². The van der Waals surface area contributed by atoms with E-state index in [0.717, 1.165) is 5.56 Å². The molecule has 2 aromatic carbocycles. The summed E-state index contributed by atoms with van der Waals surface area (Å²) in [5.74, 6) is -1.24. The number of carbonyl (C=O) groups is 2. The average Bonchev–Trinajstić information content (AvgIpc) is 2.95. The first-order valence-electron chi connectivity index (χ1n) is 7.85. The number of rotatable bonds is 4. The zero-order chi connectivity index (χ0) is 17.1. The van der Waals surface area contributed by atoms with Crippen LogP contribution in [0.1, 0.15) is 24.0 Å². The van der Waals surface area contributed by atoms with Gasteiger partial charge in [0.15, 0.2) is 0 Å². The number of imide groups is 1. The molecule has 2 amide bonds. The minimum atomic E-state index is -0.616. The molecule has 124 valence electrons. The fourth-order valence-electron chi connectivity index (χ4n) is 2.87. The third kappa shape index (κ3) is 3.30. The first-order valence-corrected chi connectivity index (χ1v) is 7.85. The van der Waals surface area contributed by atoms with E-state index >= 15 is 0 Å². The maximum absolute atomic E-state index is 13.0. The molecule has 24 heavy (non-hydrogen) atoms. The maximum Gasteiger partial charge on any atom is 0.417 e. The van der Waals surface area contributed by atoms with E-state index in [9.17, 15) is 14.0 Å². The number of cyclic esters (lactones) is 1. The molecular formula is C19H18FNO3. The van der Waals surface area contributed by atoms with E-state index < -0.39 is 12.0 Å². The second kappa shape index (κ2) is 6.83. The van der Waals surface area contributed by atoms with E-state index in [1.54, 1.807) is 19.1 Å². The first kappa shape index (κ1) is 16.2. The topological polar surface area (TPSA) is 46.6 Å². The summed E-state index contributed by atoms with van der Waals surface area (Å²) < 4.78 is 18.1. The van der Waals surface area contributed by atoms with Gasteiger partial charge in [-0.25, -0.2) is 14.1 Å². The summed E-state index contributed by atoms with van der Waals surface area (Å²) in [6.07, 6.45) is -0.0658. The molecule has 0 radical (unpaired) electrons. The molecule has 1 aliphatic heterocycles. The van der Waals surface area contributed by atoms with Gasteiger partial charge in [0.2, 0.25) is 5.91 Å². The number of hydrogen-bond acceptors (Lipinski definition) is 3. The van der Waals surface area contributed by atoms with E-state index in [1.165, 1.54) is 17.0 Å². The summed E-state index contributed by atoms with van der Waals surface area (Å²) in [5.41, 5.74) is 1.70. The molecule has 5 heteroatoms. The lowest BCUT2D eigenvalue weighted by Crippen LogP contribution is -2.42. The fraction of sp³-hybridized carbons (Fsp3) is 0.263. The Morgan fingerprint density at radius 1 is 1.21 bits per heavy atom. The highest BCUT2D eigenvalue weighted by molar-refractivity contribution is 5.97. The van der Waals surface area contributed by atoms with Crippen LogP contribution in [0.5, 0.6) is 0 Å². The summed E-state index contributed by atoms with van der Waals surface area (Å²) in [7, 11) is 0. The Morgan fingerprint density at radius 3 is 2.54 bits per heavy atom. The van der Waals surface area contributed by atoms with E-state index in [0.29, 0.717) is 12.0 Å². The van der Waals surface area contributed by atoms with Crippen molar-refractivity contribution in [2.24, 2.45) is 0 Å². The van der Waals surface area contributed by atoms with E-state index in [4.69, 9.17) is 4.74 Å². The molecule has 1 unspecified atom stereocenters. The predicted molar refractivity (Wildman–Crippen MR) is 86.9 cm³/mol. The van der Waals surface area contributed by atoms with Crippen LogP contribution in [0.15, 0.2) is 54.6 Å². The summed E-state index contributed by atoms with van der Waals surface area (Å²) in [6.45, 7) is 1.90. The van der Waals surface area contributed by atoms with Crippen LogP contribution in [0.4, 0.5) is 9.18 Å².